The molecule has 0 bridgehead atoms. The van der Waals surface area contributed by atoms with Gasteiger partial charge < -0.3 is 0 Å². The van der Waals surface area contributed by atoms with Gasteiger partial charge in [-0.2, -0.15) is 84.9 Å². The Balaban J connectivity index is -0.000000214. The van der Waals surface area contributed by atoms with E-state index in [0.29, 0.717) is 0 Å². The van der Waals surface area contributed by atoms with Crippen LogP contribution in [0.15, 0.2) is 194 Å². The van der Waals surface area contributed by atoms with Crippen LogP contribution in [0.1, 0.15) is 178 Å². The van der Waals surface area contributed by atoms with Crippen LogP contribution < -0.4 is 0 Å². The summed E-state index contributed by atoms with van der Waals surface area (Å²) in [5.41, 5.74) is 20.1. The molecule has 2 radical (unpaired) electrons. The summed E-state index contributed by atoms with van der Waals surface area (Å²) in [7, 11) is 0. The summed E-state index contributed by atoms with van der Waals surface area (Å²) in [6.07, 6.45) is 0. The van der Waals surface area contributed by atoms with Crippen molar-refractivity contribution in [1.82, 2.24) is 0 Å². The summed E-state index contributed by atoms with van der Waals surface area (Å²) >= 11 is 0. The molecule has 0 saturated heterocycles. The molecule has 86 heavy (non-hydrogen) atoms. The number of benzene rings is 10. The number of aryl methyl sites for hydroxylation is 12. The minimum atomic E-state index is 0. The van der Waals surface area contributed by atoms with Crippen molar-refractivity contribution < 1.29 is 65.4 Å². The Hall–Kier alpha value is -5.07. The van der Waals surface area contributed by atoms with Crippen LogP contribution in [0.4, 0.5) is 0 Å². The maximum absolute atomic E-state index is 3.24. The zero-order valence-corrected chi connectivity index (χ0v) is 65.3. The van der Waals surface area contributed by atoms with Crippen molar-refractivity contribution in [1.29, 1.82) is 0 Å². The van der Waals surface area contributed by atoms with Crippen LogP contribution in [-0.4, -0.2) is 0 Å². The van der Waals surface area contributed by atoms with Gasteiger partial charge in [0.15, 0.2) is 0 Å². The van der Waals surface area contributed by atoms with Gasteiger partial charge in [-0.15, -0.1) is 34.4 Å². The fourth-order valence-electron chi connectivity index (χ4n) is 7.34. The predicted octanol–water partition coefficient (Wildman–Crippen LogP) is 26.9. The van der Waals surface area contributed by atoms with E-state index in [4.69, 9.17) is 0 Å². The minimum Gasteiger partial charge on any atom is -0.226 e. The second-order valence-electron chi connectivity index (χ2n) is 18.0. The van der Waals surface area contributed by atoms with Crippen LogP contribution in [0, 0.1) is 107 Å². The first kappa shape index (κ1) is 92.1. The van der Waals surface area contributed by atoms with Crippen molar-refractivity contribution >= 4 is 21.5 Å². The number of rotatable bonds is 2. The van der Waals surface area contributed by atoms with Crippen molar-refractivity contribution in [3.05, 3.63) is 285 Å². The van der Waals surface area contributed by atoms with E-state index >= 15 is 0 Å². The zero-order chi connectivity index (χ0) is 65.0. The van der Waals surface area contributed by atoms with Crippen LogP contribution in [0.25, 0.3) is 43.8 Å². The SMILES string of the molecule is CC.CC.CC.CC.CC.CC.CC.CC.Cc1c[c-]c(-c2[c-]cc(C)cc2)cc1.Cc1cc[c-]c(-c2[c-]ccc(C)c2)c1.Cc1ccc(C)c2ccccc12.Cc1ccc(C)cc1.Cc1ccc2cc(C)ccc2c1.Cc1cccc(C)c1.[Y].[Y]. The van der Waals surface area contributed by atoms with Crippen molar-refractivity contribution in [2.75, 3.05) is 0 Å². The third-order valence-electron chi connectivity index (χ3n) is 11.3. The van der Waals surface area contributed by atoms with E-state index in [9.17, 15) is 0 Å². The molecule has 2 heteroatoms. The standard InChI is InChI=1S/2C14H12.2C12H12.2C8H10.8C2H6.2Y/c1-11-3-7-13(8-4-11)14-9-5-12(2)6-10-14;1-11-5-3-7-13(9-11)14-8-4-6-12(2)10-14;1-9-3-5-12-8-10(2)4-6-11(12)7-9;1-9-7-8-10(2)12-6-4-3-5-11(9)12;1-7-3-5-8(2)6-4-7;1-7-4-3-5-8(2)6-7;8*1-2;;/h3-7,9H,1-2H3;3-6,9-10H,1-2H3;2*3-8H,1-2H3;2*3-6H,1-2H3;8*1-2H3;;/q2*-2;;;;;;;;;;;;;;. The van der Waals surface area contributed by atoms with E-state index < -0.39 is 0 Å². The number of hydrogen-bond donors (Lipinski definition) is 0. The topological polar surface area (TPSA) is 0 Å². The molecule has 0 aliphatic rings. The molecule has 0 spiro atoms. The summed E-state index contributed by atoms with van der Waals surface area (Å²) in [5.74, 6) is 0. The molecule has 10 rings (SSSR count). The molecule has 0 saturated carbocycles. The van der Waals surface area contributed by atoms with E-state index in [-0.39, 0.29) is 65.4 Å². The van der Waals surface area contributed by atoms with Gasteiger partial charge in [0.05, 0.1) is 0 Å². The minimum absolute atomic E-state index is 0. The molecule has 10 aromatic carbocycles. The molecule has 0 N–H and O–H groups in total. The van der Waals surface area contributed by atoms with Gasteiger partial charge in [0, 0.05) is 65.4 Å². The average molecular weight is 1300 g/mol. The normalized spacial score (nSPS) is 8.51. The van der Waals surface area contributed by atoms with Gasteiger partial charge in [-0.25, -0.2) is 22.3 Å². The molecule has 0 amide bonds. The second-order valence-corrected chi connectivity index (χ2v) is 18.0. The molecule has 0 aromatic heterocycles. The molecule has 462 valence electrons. The van der Waals surface area contributed by atoms with Crippen molar-refractivity contribution in [2.24, 2.45) is 0 Å². The first-order chi connectivity index (χ1) is 40.6. The van der Waals surface area contributed by atoms with E-state index in [1.807, 2.05) is 135 Å². The Labute approximate surface area is 582 Å². The quantitative estimate of drug-likeness (QED) is 0.151. The van der Waals surface area contributed by atoms with E-state index in [2.05, 4.69) is 277 Å². The largest absolute Gasteiger partial charge is 0.226 e. The zero-order valence-electron chi connectivity index (χ0n) is 59.6. The Morgan fingerprint density at radius 2 is 0.488 bits per heavy atom. The number of hydrogen-bond acceptors (Lipinski definition) is 0. The molecular formula is C84H116Y2-4. The van der Waals surface area contributed by atoms with Crippen LogP contribution in [0.5, 0.6) is 0 Å². The molecular weight excluding hydrogens is 1190 g/mol. The summed E-state index contributed by atoms with van der Waals surface area (Å²) in [5, 5.41) is 5.41. The molecule has 0 atom stereocenters. The van der Waals surface area contributed by atoms with E-state index in [1.54, 1.807) is 0 Å². The van der Waals surface area contributed by atoms with E-state index in [0.717, 1.165) is 22.3 Å². The third kappa shape index (κ3) is 40.4. The van der Waals surface area contributed by atoms with Crippen molar-refractivity contribution in [2.45, 2.75) is 194 Å². The smallest absolute Gasteiger partial charge is 0 e. The molecule has 0 heterocycles. The Morgan fingerprint density at radius 1 is 0.209 bits per heavy atom. The van der Waals surface area contributed by atoms with Crippen molar-refractivity contribution in [3.63, 3.8) is 0 Å². The maximum atomic E-state index is 3.24. The second kappa shape index (κ2) is 60.2. The van der Waals surface area contributed by atoms with Gasteiger partial charge in [0.2, 0.25) is 0 Å². The van der Waals surface area contributed by atoms with Crippen LogP contribution >= 0.6 is 0 Å². The summed E-state index contributed by atoms with van der Waals surface area (Å²) < 4.78 is 0. The summed E-state index contributed by atoms with van der Waals surface area (Å²) in [6, 6.07) is 80.5. The van der Waals surface area contributed by atoms with Crippen LogP contribution in [-0.2, 0) is 65.4 Å². The van der Waals surface area contributed by atoms with E-state index in [1.165, 1.54) is 88.3 Å². The van der Waals surface area contributed by atoms with Gasteiger partial charge in [-0.3, -0.25) is 0 Å². The van der Waals surface area contributed by atoms with Gasteiger partial charge in [0.1, 0.15) is 0 Å². The molecule has 0 fully saturated rings. The van der Waals surface area contributed by atoms with Crippen LogP contribution in [0.2, 0.25) is 0 Å². The van der Waals surface area contributed by atoms with Crippen molar-refractivity contribution in [3.8, 4) is 22.3 Å². The Kier molecular flexibility index (Phi) is 64.5. The van der Waals surface area contributed by atoms with Gasteiger partial charge in [-0.05, 0) is 88.1 Å². The first-order valence-electron chi connectivity index (χ1n) is 31.6. The average Bonchev–Trinajstić information content (AvgIpc) is 3.20. The first-order valence-corrected chi connectivity index (χ1v) is 31.6. The van der Waals surface area contributed by atoms with Gasteiger partial charge in [0.25, 0.3) is 0 Å². The summed E-state index contributed by atoms with van der Waals surface area (Å²) in [4.78, 5) is 0. The molecule has 0 unspecified atom stereocenters. The fourth-order valence-corrected chi connectivity index (χ4v) is 7.34. The predicted molar refractivity (Wildman–Crippen MR) is 388 cm³/mol. The molecule has 0 nitrogen and oxygen atoms in total. The summed E-state index contributed by atoms with van der Waals surface area (Å²) in [6.45, 7) is 57.3. The molecule has 0 aliphatic carbocycles. The number of fused-ring (bicyclic) bond motifs is 2. The van der Waals surface area contributed by atoms with Gasteiger partial charge in [-0.1, -0.05) is 293 Å². The molecule has 0 aliphatic heterocycles. The fraction of sp³-hybridized carbons (Fsp3) is 0.333. The molecule has 10 aromatic rings. The third-order valence-corrected chi connectivity index (χ3v) is 11.3. The van der Waals surface area contributed by atoms with Gasteiger partial charge >= 0.3 is 0 Å². The Morgan fingerprint density at radius 3 is 0.756 bits per heavy atom. The maximum Gasteiger partial charge on any atom is 0 e. The van der Waals surface area contributed by atoms with Crippen LogP contribution in [0.3, 0.4) is 0 Å². The Bertz CT molecular complexity index is 2900. The monoisotopic (exact) mass is 1300 g/mol.